The summed E-state index contributed by atoms with van der Waals surface area (Å²) in [5.41, 5.74) is 0. The fourth-order valence-corrected chi connectivity index (χ4v) is 2.43. The highest BCUT2D eigenvalue weighted by molar-refractivity contribution is 7.89. The second kappa shape index (κ2) is 6.53. The van der Waals surface area contributed by atoms with Crippen LogP contribution in [0.3, 0.4) is 0 Å². The molecule has 0 aliphatic rings. The molecule has 106 valence electrons. The molecule has 0 fully saturated rings. The smallest absolute Gasteiger partial charge is 0.240 e. The standard InChI is InChI=1S/C12H17NO5S/c1-9(2)7-13-19(16,17)11-5-3-10(4-6-11)18-8-12(14)15/h3-6,9,13H,7-8H2,1-2H3,(H,14,15)/p-1. The number of hydrogen-bond acceptors (Lipinski definition) is 5. The number of carboxylic acids is 1. The van der Waals surface area contributed by atoms with Gasteiger partial charge >= 0.3 is 0 Å². The van der Waals surface area contributed by atoms with E-state index in [4.69, 9.17) is 4.74 Å². The molecule has 0 spiro atoms. The van der Waals surface area contributed by atoms with E-state index in [1.807, 2.05) is 13.8 Å². The molecule has 0 atom stereocenters. The lowest BCUT2D eigenvalue weighted by molar-refractivity contribution is -0.307. The van der Waals surface area contributed by atoms with Gasteiger partial charge in [-0.3, -0.25) is 0 Å². The van der Waals surface area contributed by atoms with Crippen LogP contribution in [0.25, 0.3) is 0 Å². The predicted octanol–water partition coefficient (Wildman–Crippen LogP) is -0.250. The normalized spacial score (nSPS) is 11.5. The van der Waals surface area contributed by atoms with E-state index in [0.29, 0.717) is 6.54 Å². The van der Waals surface area contributed by atoms with Gasteiger partial charge in [0.05, 0.1) is 10.9 Å². The van der Waals surface area contributed by atoms with Gasteiger partial charge in [-0.05, 0) is 30.2 Å². The lowest BCUT2D eigenvalue weighted by Gasteiger charge is -2.10. The van der Waals surface area contributed by atoms with Crippen LogP contribution in [0.1, 0.15) is 13.8 Å². The maximum atomic E-state index is 11.9. The molecule has 0 bridgehead atoms. The Labute approximate surface area is 112 Å². The van der Waals surface area contributed by atoms with Gasteiger partial charge in [0.2, 0.25) is 10.0 Å². The second-order valence-corrected chi connectivity index (χ2v) is 6.14. The Hall–Kier alpha value is -1.60. The number of carbonyl (C=O) groups excluding carboxylic acids is 1. The third kappa shape index (κ3) is 5.27. The van der Waals surface area contributed by atoms with Gasteiger partial charge in [-0.1, -0.05) is 13.8 Å². The molecular formula is C12H16NO5S-. The van der Waals surface area contributed by atoms with E-state index >= 15 is 0 Å². The van der Waals surface area contributed by atoms with Crippen LogP contribution in [-0.4, -0.2) is 27.5 Å². The van der Waals surface area contributed by atoms with Crippen LogP contribution in [0, 0.1) is 5.92 Å². The number of benzene rings is 1. The van der Waals surface area contributed by atoms with Crippen molar-refractivity contribution in [3.05, 3.63) is 24.3 Å². The third-order valence-corrected chi connectivity index (χ3v) is 3.61. The van der Waals surface area contributed by atoms with Crippen molar-refractivity contribution in [3.63, 3.8) is 0 Å². The minimum atomic E-state index is -3.54. The molecule has 6 nitrogen and oxygen atoms in total. The summed E-state index contributed by atoms with van der Waals surface area (Å²) in [6.45, 7) is 3.59. The number of ether oxygens (including phenoxy) is 1. The zero-order valence-electron chi connectivity index (χ0n) is 10.8. The number of nitrogens with one attached hydrogen (secondary N) is 1. The van der Waals surface area contributed by atoms with Crippen LogP contribution in [-0.2, 0) is 14.8 Å². The first-order chi connectivity index (χ1) is 8.81. The number of hydrogen-bond donors (Lipinski definition) is 1. The van der Waals surface area contributed by atoms with Gasteiger partial charge in [0.25, 0.3) is 0 Å². The Morgan fingerprint density at radius 3 is 2.37 bits per heavy atom. The molecule has 1 N–H and O–H groups in total. The summed E-state index contributed by atoms with van der Waals surface area (Å²) in [6, 6.07) is 5.50. The second-order valence-electron chi connectivity index (χ2n) is 4.38. The summed E-state index contributed by atoms with van der Waals surface area (Å²) in [4.78, 5) is 10.3. The number of aliphatic carboxylic acids is 1. The van der Waals surface area contributed by atoms with Gasteiger partial charge in [0.1, 0.15) is 12.4 Å². The van der Waals surface area contributed by atoms with Gasteiger partial charge in [0, 0.05) is 6.54 Å². The van der Waals surface area contributed by atoms with E-state index < -0.39 is 22.6 Å². The quantitative estimate of drug-likeness (QED) is 0.745. The number of carboxylic acid groups (broad SMARTS) is 1. The van der Waals surface area contributed by atoms with Crippen molar-refractivity contribution in [2.24, 2.45) is 5.92 Å². The molecule has 0 unspecified atom stereocenters. The average molecular weight is 286 g/mol. The highest BCUT2D eigenvalue weighted by atomic mass is 32.2. The number of sulfonamides is 1. The first kappa shape index (κ1) is 15.5. The SMILES string of the molecule is CC(C)CNS(=O)(=O)c1ccc(OCC(=O)[O-])cc1. The fraction of sp³-hybridized carbons (Fsp3) is 0.417. The first-order valence-electron chi connectivity index (χ1n) is 5.73. The summed E-state index contributed by atoms with van der Waals surface area (Å²) in [6.07, 6.45) is 0. The molecule has 0 aromatic heterocycles. The first-order valence-corrected chi connectivity index (χ1v) is 7.22. The number of carbonyl (C=O) groups is 1. The van der Waals surface area contributed by atoms with Crippen molar-refractivity contribution in [2.75, 3.05) is 13.2 Å². The minimum Gasteiger partial charge on any atom is -0.546 e. The molecule has 19 heavy (non-hydrogen) atoms. The lowest BCUT2D eigenvalue weighted by Crippen LogP contribution is -2.29. The van der Waals surface area contributed by atoms with Crippen molar-refractivity contribution < 1.29 is 23.1 Å². The molecule has 0 saturated carbocycles. The van der Waals surface area contributed by atoms with E-state index in [-0.39, 0.29) is 16.6 Å². The fourth-order valence-electron chi connectivity index (χ4n) is 1.22. The van der Waals surface area contributed by atoms with Crippen LogP contribution in [0.2, 0.25) is 0 Å². The summed E-state index contributed by atoms with van der Waals surface area (Å²) in [5, 5.41) is 10.2. The van der Waals surface area contributed by atoms with Gasteiger partial charge in [-0.2, -0.15) is 0 Å². The molecule has 1 aromatic carbocycles. The molecule has 7 heteroatoms. The average Bonchev–Trinajstić information content (AvgIpc) is 2.34. The van der Waals surface area contributed by atoms with Crippen molar-refractivity contribution in [1.82, 2.24) is 4.72 Å². The zero-order chi connectivity index (χ0) is 14.5. The highest BCUT2D eigenvalue weighted by Gasteiger charge is 2.13. The van der Waals surface area contributed by atoms with Crippen LogP contribution in [0.15, 0.2) is 29.2 Å². The molecule has 0 radical (unpaired) electrons. The van der Waals surface area contributed by atoms with E-state index in [1.54, 1.807) is 0 Å². The van der Waals surface area contributed by atoms with Gasteiger partial charge < -0.3 is 14.6 Å². The van der Waals surface area contributed by atoms with Crippen molar-refractivity contribution in [3.8, 4) is 5.75 Å². The molecule has 0 saturated heterocycles. The number of rotatable bonds is 7. The Bertz CT molecular complexity index is 522. The molecule has 1 aromatic rings. The van der Waals surface area contributed by atoms with E-state index in [0.717, 1.165) is 0 Å². The summed E-state index contributed by atoms with van der Waals surface area (Å²) in [7, 11) is -3.54. The maximum Gasteiger partial charge on any atom is 0.240 e. The van der Waals surface area contributed by atoms with Crippen LogP contribution < -0.4 is 14.6 Å². The van der Waals surface area contributed by atoms with Crippen molar-refractivity contribution >= 4 is 16.0 Å². The Kier molecular flexibility index (Phi) is 5.31. The van der Waals surface area contributed by atoms with Crippen LogP contribution in [0.5, 0.6) is 5.75 Å². The van der Waals surface area contributed by atoms with E-state index in [9.17, 15) is 18.3 Å². The van der Waals surface area contributed by atoms with Crippen LogP contribution >= 0.6 is 0 Å². The van der Waals surface area contributed by atoms with Gasteiger partial charge in [-0.25, -0.2) is 13.1 Å². The van der Waals surface area contributed by atoms with Crippen molar-refractivity contribution in [2.45, 2.75) is 18.7 Å². The minimum absolute atomic E-state index is 0.106. The van der Waals surface area contributed by atoms with Crippen LogP contribution in [0.4, 0.5) is 0 Å². The summed E-state index contributed by atoms with van der Waals surface area (Å²) >= 11 is 0. The molecule has 1 rings (SSSR count). The Morgan fingerprint density at radius 1 is 1.32 bits per heavy atom. The zero-order valence-corrected chi connectivity index (χ0v) is 11.6. The largest absolute Gasteiger partial charge is 0.546 e. The molecular weight excluding hydrogens is 270 g/mol. The van der Waals surface area contributed by atoms with E-state index in [2.05, 4.69) is 4.72 Å². The summed E-state index contributed by atoms with van der Waals surface area (Å²) < 4.78 is 31.0. The molecule has 0 aliphatic heterocycles. The Balaban J connectivity index is 2.72. The highest BCUT2D eigenvalue weighted by Crippen LogP contribution is 2.15. The van der Waals surface area contributed by atoms with Crippen molar-refractivity contribution in [1.29, 1.82) is 0 Å². The third-order valence-electron chi connectivity index (χ3n) is 2.17. The van der Waals surface area contributed by atoms with Gasteiger partial charge in [-0.15, -0.1) is 0 Å². The topological polar surface area (TPSA) is 95.5 Å². The monoisotopic (exact) mass is 286 g/mol. The molecule has 0 amide bonds. The maximum absolute atomic E-state index is 11.9. The lowest BCUT2D eigenvalue weighted by atomic mass is 10.2. The van der Waals surface area contributed by atoms with Gasteiger partial charge in [0.15, 0.2) is 0 Å². The molecule has 0 aliphatic carbocycles. The summed E-state index contributed by atoms with van der Waals surface area (Å²) in [5.74, 6) is -0.859. The predicted molar refractivity (Wildman–Crippen MR) is 67.0 cm³/mol. The molecule has 0 heterocycles. The Morgan fingerprint density at radius 2 is 1.89 bits per heavy atom. The van der Waals surface area contributed by atoms with E-state index in [1.165, 1.54) is 24.3 Å².